The normalized spacial score (nSPS) is 17.6. The van der Waals surface area contributed by atoms with Crippen LogP contribution >= 0.6 is 0 Å². The van der Waals surface area contributed by atoms with Gasteiger partial charge in [-0.2, -0.15) is 4.39 Å². The summed E-state index contributed by atoms with van der Waals surface area (Å²) >= 11 is 0. The highest BCUT2D eigenvalue weighted by atomic mass is 19.2. The third-order valence-electron chi connectivity index (χ3n) is 7.72. The van der Waals surface area contributed by atoms with Gasteiger partial charge in [-0.1, -0.05) is 49.8 Å². The van der Waals surface area contributed by atoms with E-state index in [2.05, 4.69) is 6.58 Å². The zero-order chi connectivity index (χ0) is 29.4. The van der Waals surface area contributed by atoms with E-state index in [4.69, 9.17) is 9.47 Å². The monoisotopic (exact) mass is 566 g/mol. The van der Waals surface area contributed by atoms with Crippen LogP contribution < -0.4 is 9.47 Å². The fourth-order valence-electron chi connectivity index (χ4n) is 5.31. The molecule has 0 aliphatic heterocycles. The first-order valence-electron chi connectivity index (χ1n) is 14.3. The van der Waals surface area contributed by atoms with Gasteiger partial charge in [-0.3, -0.25) is 4.79 Å². The van der Waals surface area contributed by atoms with Crippen LogP contribution in [0, 0.1) is 23.4 Å². The quantitative estimate of drug-likeness (QED) is 0.103. The first-order chi connectivity index (χ1) is 19.8. The lowest BCUT2D eigenvalue weighted by Gasteiger charge is -2.27. The first-order valence-corrected chi connectivity index (χ1v) is 14.3. The number of halogens is 3. The maximum atomic E-state index is 15.0. The van der Waals surface area contributed by atoms with Gasteiger partial charge < -0.3 is 14.6 Å². The third-order valence-corrected chi connectivity index (χ3v) is 7.72. The smallest absolute Gasteiger partial charge is 0.314 e. The number of ether oxygens (including phenoxy) is 2. The molecule has 0 heterocycles. The number of unbranched alkanes of at least 4 members (excludes halogenated alkanes) is 1. The third kappa shape index (κ3) is 7.59. The van der Waals surface area contributed by atoms with E-state index in [0.717, 1.165) is 24.8 Å². The van der Waals surface area contributed by atoms with Crippen molar-refractivity contribution in [2.24, 2.45) is 5.92 Å². The van der Waals surface area contributed by atoms with Crippen LogP contribution in [0.15, 0.2) is 67.3 Å². The number of rotatable bonds is 12. The Hall–Kier alpha value is -3.58. The number of carbonyl (C=O) groups excluding carboxylic acids is 1. The largest absolute Gasteiger partial charge is 0.491 e. The predicted octanol–water partition coefficient (Wildman–Crippen LogP) is 8.83. The fraction of sp³-hybridized carbons (Fsp3) is 0.382. The number of aliphatic hydroxyl groups excluding tert-OH is 1. The Bertz CT molecular complexity index is 1330. The molecule has 4 rings (SSSR count). The van der Waals surface area contributed by atoms with Crippen molar-refractivity contribution in [2.75, 3.05) is 6.61 Å². The zero-order valence-electron chi connectivity index (χ0n) is 23.4. The van der Waals surface area contributed by atoms with E-state index in [1.807, 2.05) is 13.0 Å². The Balaban J connectivity index is 1.33. The summed E-state index contributed by atoms with van der Waals surface area (Å²) in [7, 11) is 0. The van der Waals surface area contributed by atoms with Gasteiger partial charge in [0.25, 0.3) is 0 Å². The van der Waals surface area contributed by atoms with Crippen LogP contribution in [0.4, 0.5) is 13.2 Å². The molecule has 0 amide bonds. The zero-order valence-corrected chi connectivity index (χ0v) is 23.4. The van der Waals surface area contributed by atoms with Gasteiger partial charge in [0.2, 0.25) is 5.82 Å². The van der Waals surface area contributed by atoms with Gasteiger partial charge in [0, 0.05) is 5.56 Å². The van der Waals surface area contributed by atoms with E-state index in [1.165, 1.54) is 18.2 Å². The number of carbonyl (C=O) groups is 1. The van der Waals surface area contributed by atoms with Crippen molar-refractivity contribution in [3.05, 3.63) is 95.8 Å². The molecule has 1 atom stereocenters. The number of hydrogen-bond acceptors (Lipinski definition) is 4. The summed E-state index contributed by atoms with van der Waals surface area (Å²) in [6.07, 6.45) is 6.51. The summed E-state index contributed by atoms with van der Waals surface area (Å²) in [5.74, 6) is -3.92. The summed E-state index contributed by atoms with van der Waals surface area (Å²) in [5, 5.41) is 10.1. The highest BCUT2D eigenvalue weighted by Crippen LogP contribution is 2.38. The van der Waals surface area contributed by atoms with Crippen LogP contribution in [0.1, 0.15) is 81.4 Å². The molecular formula is C34H37F3O4. The fourth-order valence-corrected chi connectivity index (χ4v) is 5.31. The lowest BCUT2D eigenvalue weighted by molar-refractivity contribution is -0.140. The van der Waals surface area contributed by atoms with Gasteiger partial charge in [0.1, 0.15) is 0 Å². The molecule has 0 spiro atoms. The molecule has 1 saturated carbocycles. The van der Waals surface area contributed by atoms with Crippen LogP contribution in [0.5, 0.6) is 11.5 Å². The molecule has 1 fully saturated rings. The van der Waals surface area contributed by atoms with Crippen LogP contribution in [0.25, 0.3) is 11.1 Å². The van der Waals surface area contributed by atoms with Crippen molar-refractivity contribution in [1.82, 2.24) is 0 Å². The molecule has 1 N–H and O–H groups in total. The summed E-state index contributed by atoms with van der Waals surface area (Å²) in [5.41, 5.74) is 2.06. The second-order valence-corrected chi connectivity index (χ2v) is 10.6. The van der Waals surface area contributed by atoms with Crippen LogP contribution in [0.3, 0.4) is 0 Å². The molecule has 0 aromatic heterocycles. The van der Waals surface area contributed by atoms with Gasteiger partial charge in [-0.15, -0.1) is 6.58 Å². The Labute approximate surface area is 239 Å². The van der Waals surface area contributed by atoms with E-state index in [1.54, 1.807) is 36.4 Å². The molecule has 218 valence electrons. The molecule has 7 heteroatoms. The Kier molecular flexibility index (Phi) is 10.6. The average molecular weight is 567 g/mol. The maximum Gasteiger partial charge on any atom is 0.314 e. The van der Waals surface area contributed by atoms with Crippen molar-refractivity contribution in [3.8, 4) is 22.6 Å². The number of hydrogen-bond donors (Lipinski definition) is 1. The lowest BCUT2D eigenvalue weighted by atomic mass is 9.78. The molecular weight excluding hydrogens is 529 g/mol. The van der Waals surface area contributed by atoms with Gasteiger partial charge >= 0.3 is 5.97 Å². The van der Waals surface area contributed by atoms with Crippen LogP contribution in [-0.4, -0.2) is 17.7 Å². The Morgan fingerprint density at radius 1 is 1.00 bits per heavy atom. The second kappa shape index (κ2) is 14.4. The summed E-state index contributed by atoms with van der Waals surface area (Å²) in [4.78, 5) is 12.8. The molecule has 1 unspecified atom stereocenters. The number of aliphatic hydroxyl groups is 1. The summed E-state index contributed by atoms with van der Waals surface area (Å²) < 4.78 is 55.2. The minimum absolute atomic E-state index is 0.0414. The highest BCUT2D eigenvalue weighted by Gasteiger charge is 2.30. The van der Waals surface area contributed by atoms with Crippen LogP contribution in [0.2, 0.25) is 0 Å². The molecule has 0 saturated heterocycles. The topological polar surface area (TPSA) is 55.8 Å². The van der Waals surface area contributed by atoms with Crippen molar-refractivity contribution < 1.29 is 32.5 Å². The molecule has 0 bridgehead atoms. The molecule has 1 aliphatic carbocycles. The first kappa shape index (κ1) is 30.4. The van der Waals surface area contributed by atoms with Crippen LogP contribution in [-0.2, 0) is 4.79 Å². The molecule has 4 nitrogen and oxygen atoms in total. The number of allylic oxidation sites excluding steroid dienone is 1. The van der Waals surface area contributed by atoms with Crippen molar-refractivity contribution >= 4 is 5.97 Å². The predicted molar refractivity (Wildman–Crippen MR) is 153 cm³/mol. The van der Waals surface area contributed by atoms with E-state index in [0.29, 0.717) is 49.8 Å². The minimum Gasteiger partial charge on any atom is -0.491 e. The SMILES string of the molecule is C=CCCCOc1ccc(C2CCC(C(=O)Oc3ccc(-c4ccc(C(O)CCC)cc4)c(F)c3F)CC2)cc1F. The maximum absolute atomic E-state index is 15.0. The van der Waals surface area contributed by atoms with Crippen molar-refractivity contribution in [3.63, 3.8) is 0 Å². The lowest BCUT2D eigenvalue weighted by Crippen LogP contribution is -2.25. The van der Waals surface area contributed by atoms with Gasteiger partial charge in [0.15, 0.2) is 23.1 Å². The summed E-state index contributed by atoms with van der Waals surface area (Å²) in [6.45, 7) is 6.05. The van der Waals surface area contributed by atoms with Gasteiger partial charge in [0.05, 0.1) is 18.6 Å². The van der Waals surface area contributed by atoms with Gasteiger partial charge in [-0.05, 0) is 91.8 Å². The van der Waals surface area contributed by atoms with Crippen molar-refractivity contribution in [1.29, 1.82) is 0 Å². The van der Waals surface area contributed by atoms with E-state index in [9.17, 15) is 23.1 Å². The average Bonchev–Trinajstić information content (AvgIpc) is 2.99. The molecule has 0 radical (unpaired) electrons. The molecule has 41 heavy (non-hydrogen) atoms. The second-order valence-electron chi connectivity index (χ2n) is 10.6. The van der Waals surface area contributed by atoms with E-state index in [-0.39, 0.29) is 17.2 Å². The number of esters is 1. The molecule has 3 aromatic carbocycles. The van der Waals surface area contributed by atoms with E-state index < -0.39 is 41.2 Å². The minimum atomic E-state index is -1.22. The Morgan fingerprint density at radius 3 is 2.37 bits per heavy atom. The highest BCUT2D eigenvalue weighted by molar-refractivity contribution is 5.76. The molecule has 1 aliphatic rings. The Morgan fingerprint density at radius 2 is 1.71 bits per heavy atom. The number of benzene rings is 3. The molecule has 3 aromatic rings. The van der Waals surface area contributed by atoms with Gasteiger partial charge in [-0.25, -0.2) is 8.78 Å². The van der Waals surface area contributed by atoms with Crippen molar-refractivity contribution in [2.45, 2.75) is 70.3 Å². The van der Waals surface area contributed by atoms with E-state index >= 15 is 0 Å². The standard InChI is InChI=1S/C34H37F3O4/c1-3-5-6-20-40-30-18-16-26(21-28(30)35)22-8-14-25(15-9-22)34(39)41-31-19-17-27(32(36)33(31)37)23-10-12-24(13-11-23)29(38)7-4-2/h3,10-13,16-19,21-22,25,29,38H,1,4-9,14-15,20H2,2H3. The summed E-state index contributed by atoms with van der Waals surface area (Å²) in [6, 6.07) is 14.3.